The van der Waals surface area contributed by atoms with Crippen LogP contribution in [0.3, 0.4) is 0 Å². The molecule has 1 aliphatic carbocycles. The molecule has 86 valence electrons. The van der Waals surface area contributed by atoms with Gasteiger partial charge in [-0.1, -0.05) is 20.3 Å². The summed E-state index contributed by atoms with van der Waals surface area (Å²) in [4.78, 5) is 23.1. The zero-order chi connectivity index (χ0) is 11.6. The lowest BCUT2D eigenvalue weighted by molar-refractivity contribution is -0.158. The van der Waals surface area contributed by atoms with Crippen LogP contribution in [0.1, 0.15) is 40.0 Å². The summed E-state index contributed by atoms with van der Waals surface area (Å²) in [6.07, 6.45) is 2.63. The Balaban J connectivity index is 2.78. The summed E-state index contributed by atoms with van der Waals surface area (Å²) < 4.78 is 0. The molecule has 0 spiro atoms. The molecule has 4 heteroatoms. The number of hydrogen-bond acceptors (Lipinski definition) is 2. The molecular formula is C11H19NO3. The number of hydrogen-bond donors (Lipinski definition) is 2. The lowest BCUT2D eigenvalue weighted by atomic mass is 9.76. The van der Waals surface area contributed by atoms with Crippen molar-refractivity contribution in [1.29, 1.82) is 0 Å². The van der Waals surface area contributed by atoms with Crippen molar-refractivity contribution < 1.29 is 14.7 Å². The Morgan fingerprint density at radius 3 is 2.40 bits per heavy atom. The Labute approximate surface area is 90.0 Å². The highest BCUT2D eigenvalue weighted by molar-refractivity contribution is 6.02. The third kappa shape index (κ3) is 2.30. The predicted molar refractivity (Wildman–Crippen MR) is 56.4 cm³/mol. The second-order valence-electron chi connectivity index (χ2n) is 4.56. The van der Waals surface area contributed by atoms with Gasteiger partial charge in [0.1, 0.15) is 5.41 Å². The molecular weight excluding hydrogens is 194 g/mol. The van der Waals surface area contributed by atoms with Crippen LogP contribution in [-0.2, 0) is 9.59 Å². The summed E-state index contributed by atoms with van der Waals surface area (Å²) in [5.41, 5.74) is -1.29. The second-order valence-corrected chi connectivity index (χ2v) is 4.56. The SMILES string of the molecule is CCC(C)C(C)(C(=O)O)C(=O)NC1CC1. The number of aliphatic carboxylic acids is 1. The molecule has 0 bridgehead atoms. The number of amides is 1. The van der Waals surface area contributed by atoms with Crippen molar-refractivity contribution in [1.82, 2.24) is 5.32 Å². The van der Waals surface area contributed by atoms with Gasteiger partial charge in [0, 0.05) is 6.04 Å². The fourth-order valence-corrected chi connectivity index (χ4v) is 1.50. The number of carboxylic acids is 1. The number of carboxylic acid groups (broad SMARTS) is 1. The molecule has 1 saturated carbocycles. The molecule has 0 heterocycles. The molecule has 1 rings (SSSR count). The first-order valence-corrected chi connectivity index (χ1v) is 5.47. The van der Waals surface area contributed by atoms with Gasteiger partial charge in [-0.25, -0.2) is 0 Å². The maximum atomic E-state index is 11.9. The number of carbonyl (C=O) groups excluding carboxylic acids is 1. The molecule has 15 heavy (non-hydrogen) atoms. The molecule has 0 aromatic rings. The lowest BCUT2D eigenvalue weighted by Crippen LogP contribution is -2.49. The van der Waals surface area contributed by atoms with Crippen LogP contribution in [0, 0.1) is 11.3 Å². The lowest BCUT2D eigenvalue weighted by Gasteiger charge is -2.29. The van der Waals surface area contributed by atoms with E-state index in [1.807, 2.05) is 6.92 Å². The molecule has 0 radical (unpaired) electrons. The van der Waals surface area contributed by atoms with E-state index in [4.69, 9.17) is 0 Å². The maximum Gasteiger partial charge on any atom is 0.319 e. The van der Waals surface area contributed by atoms with Crippen molar-refractivity contribution in [2.75, 3.05) is 0 Å². The van der Waals surface area contributed by atoms with Crippen molar-refractivity contribution in [3.8, 4) is 0 Å². The Morgan fingerprint density at radius 1 is 1.53 bits per heavy atom. The van der Waals surface area contributed by atoms with E-state index < -0.39 is 11.4 Å². The third-order valence-corrected chi connectivity index (χ3v) is 3.43. The van der Waals surface area contributed by atoms with Crippen molar-refractivity contribution in [3.05, 3.63) is 0 Å². The van der Waals surface area contributed by atoms with Gasteiger partial charge >= 0.3 is 5.97 Å². The van der Waals surface area contributed by atoms with Gasteiger partial charge in [-0.15, -0.1) is 0 Å². The highest BCUT2D eigenvalue weighted by Crippen LogP contribution is 2.32. The highest BCUT2D eigenvalue weighted by atomic mass is 16.4. The molecule has 0 aromatic heterocycles. The second kappa shape index (κ2) is 4.21. The van der Waals surface area contributed by atoms with Crippen LogP contribution in [0.4, 0.5) is 0 Å². The standard InChI is InChI=1S/C11H19NO3/c1-4-7(2)11(3,10(14)15)9(13)12-8-5-6-8/h7-8H,4-6H2,1-3H3,(H,12,13)(H,14,15). The summed E-state index contributed by atoms with van der Waals surface area (Å²) in [7, 11) is 0. The maximum absolute atomic E-state index is 11.9. The van der Waals surface area contributed by atoms with Gasteiger partial charge in [0.15, 0.2) is 0 Å². The van der Waals surface area contributed by atoms with Crippen molar-refractivity contribution in [2.45, 2.75) is 46.1 Å². The topological polar surface area (TPSA) is 66.4 Å². The van der Waals surface area contributed by atoms with Gasteiger partial charge in [-0.05, 0) is 25.7 Å². The average Bonchev–Trinajstić information content (AvgIpc) is 2.98. The van der Waals surface area contributed by atoms with Crippen LogP contribution in [-0.4, -0.2) is 23.0 Å². The molecule has 2 atom stereocenters. The van der Waals surface area contributed by atoms with Gasteiger partial charge in [0.25, 0.3) is 0 Å². The minimum atomic E-state index is -1.29. The number of carbonyl (C=O) groups is 2. The van der Waals surface area contributed by atoms with Gasteiger partial charge in [-0.3, -0.25) is 9.59 Å². The number of rotatable bonds is 5. The van der Waals surface area contributed by atoms with Gasteiger partial charge < -0.3 is 10.4 Å². The Morgan fingerprint density at radius 2 is 2.07 bits per heavy atom. The van der Waals surface area contributed by atoms with E-state index >= 15 is 0 Å². The van der Waals surface area contributed by atoms with Crippen LogP contribution in [0.5, 0.6) is 0 Å². The largest absolute Gasteiger partial charge is 0.480 e. The monoisotopic (exact) mass is 213 g/mol. The smallest absolute Gasteiger partial charge is 0.319 e. The van der Waals surface area contributed by atoms with Gasteiger partial charge in [0.2, 0.25) is 5.91 Å². The Kier molecular flexibility index (Phi) is 3.37. The molecule has 1 fully saturated rings. The molecule has 0 aromatic carbocycles. The molecule has 0 saturated heterocycles. The van der Waals surface area contributed by atoms with E-state index in [2.05, 4.69) is 5.32 Å². The van der Waals surface area contributed by atoms with E-state index in [1.165, 1.54) is 6.92 Å². The third-order valence-electron chi connectivity index (χ3n) is 3.43. The van der Waals surface area contributed by atoms with Crippen molar-refractivity contribution in [2.24, 2.45) is 11.3 Å². The van der Waals surface area contributed by atoms with E-state index in [-0.39, 0.29) is 17.9 Å². The van der Waals surface area contributed by atoms with Gasteiger partial charge in [-0.2, -0.15) is 0 Å². The summed E-state index contributed by atoms with van der Waals surface area (Å²) in [6.45, 7) is 5.22. The van der Waals surface area contributed by atoms with Crippen LogP contribution in [0.25, 0.3) is 0 Å². The van der Waals surface area contributed by atoms with Crippen molar-refractivity contribution >= 4 is 11.9 Å². The van der Waals surface area contributed by atoms with E-state index in [0.29, 0.717) is 6.42 Å². The predicted octanol–water partition coefficient (Wildman–Crippen LogP) is 1.40. The van der Waals surface area contributed by atoms with E-state index in [1.54, 1.807) is 6.92 Å². The first-order valence-electron chi connectivity index (χ1n) is 5.47. The molecule has 2 N–H and O–H groups in total. The number of nitrogens with one attached hydrogen (secondary N) is 1. The Bertz CT molecular complexity index is 273. The minimum absolute atomic E-state index is 0.159. The Hall–Kier alpha value is -1.06. The van der Waals surface area contributed by atoms with Crippen LogP contribution >= 0.6 is 0 Å². The molecule has 2 unspecified atom stereocenters. The van der Waals surface area contributed by atoms with E-state index in [9.17, 15) is 14.7 Å². The zero-order valence-corrected chi connectivity index (χ0v) is 9.54. The first kappa shape index (κ1) is 12.0. The molecule has 4 nitrogen and oxygen atoms in total. The van der Waals surface area contributed by atoms with Crippen molar-refractivity contribution in [3.63, 3.8) is 0 Å². The summed E-state index contributed by atoms with van der Waals surface area (Å²) in [5, 5.41) is 11.9. The first-order chi connectivity index (χ1) is 6.92. The fraction of sp³-hybridized carbons (Fsp3) is 0.818. The van der Waals surface area contributed by atoms with E-state index in [0.717, 1.165) is 12.8 Å². The van der Waals surface area contributed by atoms with Crippen LogP contribution in [0.2, 0.25) is 0 Å². The summed E-state index contributed by atoms with van der Waals surface area (Å²) in [5.74, 6) is -1.53. The normalized spacial score (nSPS) is 21.5. The summed E-state index contributed by atoms with van der Waals surface area (Å²) in [6, 6.07) is 0.209. The zero-order valence-electron chi connectivity index (χ0n) is 9.54. The van der Waals surface area contributed by atoms with Crippen LogP contribution in [0.15, 0.2) is 0 Å². The summed E-state index contributed by atoms with van der Waals surface area (Å²) >= 11 is 0. The minimum Gasteiger partial charge on any atom is -0.480 e. The van der Waals surface area contributed by atoms with Crippen LogP contribution < -0.4 is 5.32 Å². The highest BCUT2D eigenvalue weighted by Gasteiger charge is 2.46. The average molecular weight is 213 g/mol. The fourth-order valence-electron chi connectivity index (χ4n) is 1.50. The van der Waals surface area contributed by atoms with Gasteiger partial charge in [0.05, 0.1) is 0 Å². The molecule has 0 aliphatic heterocycles. The quantitative estimate of drug-likeness (QED) is 0.678. The molecule has 1 amide bonds. The molecule has 1 aliphatic rings.